The predicted molar refractivity (Wildman–Crippen MR) is 192 cm³/mol. The minimum Gasteiger partial charge on any atom is -0.368 e. The fourth-order valence-corrected chi connectivity index (χ4v) is 5.34. The summed E-state index contributed by atoms with van der Waals surface area (Å²) in [6, 6.07) is 39.1. The van der Waals surface area contributed by atoms with Crippen LogP contribution in [-0.2, 0) is 0 Å². The number of nitrogens with zero attached hydrogens (tertiary/aromatic N) is 4. The van der Waals surface area contributed by atoms with Crippen molar-refractivity contribution in [2.24, 2.45) is 0 Å². The SMILES string of the molecule is CC(C)N(CCN(C)CCN(C)CCN(c1ccc(Nc2ccccc2)cc1)C(C)C)c1ccc(Nc2ccccc2)cc1. The molecule has 44 heavy (non-hydrogen) atoms. The van der Waals surface area contributed by atoms with Crippen LogP contribution in [0.25, 0.3) is 0 Å². The number of hydrogen-bond donors (Lipinski definition) is 2. The highest BCUT2D eigenvalue weighted by Gasteiger charge is 2.14. The van der Waals surface area contributed by atoms with Crippen LogP contribution in [0.15, 0.2) is 109 Å². The van der Waals surface area contributed by atoms with E-state index in [0.717, 1.165) is 62.0 Å². The zero-order valence-corrected chi connectivity index (χ0v) is 27.6. The van der Waals surface area contributed by atoms with Crippen molar-refractivity contribution in [3.8, 4) is 0 Å². The Morgan fingerprint density at radius 3 is 1.02 bits per heavy atom. The number of nitrogens with one attached hydrogen (secondary N) is 2. The van der Waals surface area contributed by atoms with Crippen molar-refractivity contribution in [2.45, 2.75) is 39.8 Å². The van der Waals surface area contributed by atoms with Gasteiger partial charge in [0.2, 0.25) is 0 Å². The lowest BCUT2D eigenvalue weighted by molar-refractivity contribution is 0.260. The molecule has 0 amide bonds. The Balaban J connectivity index is 1.21. The molecule has 0 aromatic heterocycles. The first kappa shape index (κ1) is 32.9. The lowest BCUT2D eigenvalue weighted by Crippen LogP contribution is -2.41. The monoisotopic (exact) mass is 592 g/mol. The first-order valence-electron chi connectivity index (χ1n) is 16.0. The molecule has 234 valence electrons. The van der Waals surface area contributed by atoms with E-state index in [1.807, 2.05) is 12.1 Å². The van der Waals surface area contributed by atoms with Crippen LogP contribution in [0, 0.1) is 0 Å². The summed E-state index contributed by atoms with van der Waals surface area (Å²) in [4.78, 5) is 9.90. The Kier molecular flexibility index (Phi) is 12.5. The van der Waals surface area contributed by atoms with E-state index < -0.39 is 0 Å². The number of anilines is 6. The molecule has 0 heterocycles. The maximum Gasteiger partial charge on any atom is 0.0385 e. The molecule has 2 N–H and O–H groups in total. The lowest BCUT2D eigenvalue weighted by Gasteiger charge is -2.33. The van der Waals surface area contributed by atoms with Crippen LogP contribution in [0.3, 0.4) is 0 Å². The molecule has 0 fully saturated rings. The second-order valence-corrected chi connectivity index (χ2v) is 12.3. The summed E-state index contributed by atoms with van der Waals surface area (Å²) in [6.45, 7) is 15.2. The third-order valence-corrected chi connectivity index (χ3v) is 8.08. The summed E-state index contributed by atoms with van der Waals surface area (Å²) >= 11 is 0. The normalized spacial score (nSPS) is 11.4. The minimum atomic E-state index is 0.434. The molecule has 0 bridgehead atoms. The van der Waals surface area contributed by atoms with Gasteiger partial charge in [0.25, 0.3) is 0 Å². The summed E-state index contributed by atoms with van der Waals surface area (Å²) in [5.41, 5.74) is 6.96. The standard InChI is InChI=1S/C38H52N6/c1-31(2)43(37-21-17-35(18-22-37)39-33-13-9-7-10-14-33)29-27-41(5)25-26-42(6)28-30-44(32(3)4)38-23-19-36(20-24-38)40-34-15-11-8-12-16-34/h7-24,31-32,39-40H,25-30H2,1-6H3. The number of hydrogen-bond acceptors (Lipinski definition) is 6. The van der Waals surface area contributed by atoms with E-state index >= 15 is 0 Å². The van der Waals surface area contributed by atoms with E-state index in [0.29, 0.717) is 12.1 Å². The van der Waals surface area contributed by atoms with E-state index in [2.05, 4.69) is 169 Å². The van der Waals surface area contributed by atoms with E-state index in [-0.39, 0.29) is 0 Å². The Labute approximate surface area is 266 Å². The van der Waals surface area contributed by atoms with Crippen molar-refractivity contribution in [1.82, 2.24) is 9.80 Å². The van der Waals surface area contributed by atoms with Gasteiger partial charge in [-0.15, -0.1) is 0 Å². The van der Waals surface area contributed by atoms with Crippen molar-refractivity contribution < 1.29 is 0 Å². The molecule has 4 aromatic rings. The fraction of sp³-hybridized carbons (Fsp3) is 0.368. The van der Waals surface area contributed by atoms with Gasteiger partial charge in [-0.3, -0.25) is 0 Å². The number of benzene rings is 4. The van der Waals surface area contributed by atoms with E-state index in [4.69, 9.17) is 0 Å². The van der Waals surface area contributed by atoms with E-state index in [1.54, 1.807) is 0 Å². The molecule has 4 aromatic carbocycles. The van der Waals surface area contributed by atoms with Crippen LogP contribution in [0.5, 0.6) is 0 Å². The largest absolute Gasteiger partial charge is 0.368 e. The highest BCUT2D eigenvalue weighted by molar-refractivity contribution is 5.64. The topological polar surface area (TPSA) is 37.0 Å². The van der Waals surface area contributed by atoms with Gasteiger partial charge in [-0.05, 0) is 115 Å². The van der Waals surface area contributed by atoms with E-state index in [9.17, 15) is 0 Å². The Morgan fingerprint density at radius 2 is 0.705 bits per heavy atom. The van der Waals surface area contributed by atoms with Crippen molar-refractivity contribution in [1.29, 1.82) is 0 Å². The summed E-state index contributed by atoms with van der Waals surface area (Å²) in [6.07, 6.45) is 0. The van der Waals surface area contributed by atoms with Gasteiger partial charge in [-0.25, -0.2) is 0 Å². The van der Waals surface area contributed by atoms with Crippen LogP contribution >= 0.6 is 0 Å². The van der Waals surface area contributed by atoms with Crippen molar-refractivity contribution in [3.63, 3.8) is 0 Å². The fourth-order valence-electron chi connectivity index (χ4n) is 5.34. The second kappa shape index (κ2) is 16.7. The molecular weight excluding hydrogens is 540 g/mol. The maximum absolute atomic E-state index is 3.48. The highest BCUT2D eigenvalue weighted by Crippen LogP contribution is 2.24. The van der Waals surface area contributed by atoms with Gasteiger partial charge in [0.1, 0.15) is 0 Å². The highest BCUT2D eigenvalue weighted by atomic mass is 15.2. The van der Waals surface area contributed by atoms with Crippen molar-refractivity contribution >= 4 is 34.1 Å². The molecule has 0 aliphatic rings. The maximum atomic E-state index is 3.48. The average Bonchev–Trinajstić information content (AvgIpc) is 3.02. The van der Waals surface area contributed by atoms with Crippen molar-refractivity contribution in [2.75, 3.05) is 73.8 Å². The van der Waals surface area contributed by atoms with E-state index in [1.165, 1.54) is 11.4 Å². The summed E-state index contributed by atoms with van der Waals surface area (Å²) in [7, 11) is 4.48. The Bertz CT molecular complexity index is 1230. The van der Waals surface area contributed by atoms with Gasteiger partial charge in [0.15, 0.2) is 0 Å². The van der Waals surface area contributed by atoms with Gasteiger partial charge in [-0.1, -0.05) is 36.4 Å². The molecule has 0 unspecified atom stereocenters. The first-order chi connectivity index (χ1) is 21.3. The second-order valence-electron chi connectivity index (χ2n) is 12.3. The summed E-state index contributed by atoms with van der Waals surface area (Å²) in [5.74, 6) is 0. The van der Waals surface area contributed by atoms with Crippen molar-refractivity contribution in [3.05, 3.63) is 109 Å². The number of para-hydroxylation sites is 2. The van der Waals surface area contributed by atoms with Gasteiger partial charge in [0, 0.05) is 85.5 Å². The Morgan fingerprint density at radius 1 is 0.409 bits per heavy atom. The van der Waals surface area contributed by atoms with Gasteiger partial charge >= 0.3 is 0 Å². The first-order valence-corrected chi connectivity index (χ1v) is 16.0. The smallest absolute Gasteiger partial charge is 0.0385 e. The molecule has 0 spiro atoms. The lowest BCUT2D eigenvalue weighted by atomic mass is 10.2. The minimum absolute atomic E-state index is 0.434. The third-order valence-electron chi connectivity index (χ3n) is 8.08. The molecular formula is C38H52N6. The zero-order chi connectivity index (χ0) is 31.3. The van der Waals surface area contributed by atoms with Gasteiger partial charge in [-0.2, -0.15) is 0 Å². The third kappa shape index (κ3) is 10.3. The molecule has 0 aliphatic heterocycles. The average molecular weight is 593 g/mol. The molecule has 4 rings (SSSR count). The predicted octanol–water partition coefficient (Wildman–Crippen LogP) is 8.17. The quantitative estimate of drug-likeness (QED) is 0.129. The van der Waals surface area contributed by atoms with Crippen LogP contribution in [0.2, 0.25) is 0 Å². The van der Waals surface area contributed by atoms with Crippen LogP contribution in [-0.4, -0.2) is 75.2 Å². The van der Waals surface area contributed by atoms with Gasteiger partial charge < -0.3 is 30.2 Å². The molecule has 6 nitrogen and oxygen atoms in total. The number of likely N-dealkylation sites (N-methyl/N-ethyl adjacent to an activating group) is 2. The van der Waals surface area contributed by atoms with Crippen LogP contribution in [0.1, 0.15) is 27.7 Å². The molecule has 0 radical (unpaired) electrons. The summed E-state index contributed by atoms with van der Waals surface area (Å²) < 4.78 is 0. The molecule has 0 atom stereocenters. The van der Waals surface area contributed by atoms with Crippen LogP contribution < -0.4 is 20.4 Å². The zero-order valence-electron chi connectivity index (χ0n) is 27.6. The van der Waals surface area contributed by atoms with Gasteiger partial charge in [0.05, 0.1) is 0 Å². The molecule has 0 saturated heterocycles. The van der Waals surface area contributed by atoms with Crippen LogP contribution in [0.4, 0.5) is 34.1 Å². The molecule has 0 aliphatic carbocycles. The Hall–Kier alpha value is -4.00. The molecule has 6 heteroatoms. The number of rotatable bonds is 17. The summed E-state index contributed by atoms with van der Waals surface area (Å²) in [5, 5.41) is 6.97. The molecule has 0 saturated carbocycles.